The Labute approximate surface area is 118 Å². The summed E-state index contributed by atoms with van der Waals surface area (Å²) in [5.41, 5.74) is -0.110. The molecule has 0 amide bonds. The van der Waals surface area contributed by atoms with E-state index in [1.165, 1.54) is 18.2 Å². The van der Waals surface area contributed by atoms with Crippen LogP contribution in [0.2, 0.25) is 5.02 Å². The van der Waals surface area contributed by atoms with Crippen LogP contribution in [0, 0.1) is 10.1 Å². The van der Waals surface area contributed by atoms with Crippen molar-refractivity contribution in [2.24, 2.45) is 0 Å². The molecule has 8 heteroatoms. The van der Waals surface area contributed by atoms with E-state index < -0.39 is 10.9 Å². The van der Waals surface area contributed by atoms with Crippen LogP contribution in [0.3, 0.4) is 0 Å². The lowest BCUT2D eigenvalue weighted by molar-refractivity contribution is -0.384. The van der Waals surface area contributed by atoms with Gasteiger partial charge < -0.3 is 9.52 Å². The first-order valence-electron chi connectivity index (χ1n) is 5.62. The van der Waals surface area contributed by atoms with Crippen molar-refractivity contribution in [1.29, 1.82) is 0 Å². The van der Waals surface area contributed by atoms with Crippen LogP contribution in [0.1, 0.15) is 23.2 Å². The highest BCUT2D eigenvalue weighted by atomic mass is 35.5. The van der Waals surface area contributed by atoms with Crippen molar-refractivity contribution in [2.45, 2.75) is 13.3 Å². The second-order valence-corrected chi connectivity index (χ2v) is 4.25. The number of carboxylic acid groups (broad SMARTS) is 1. The van der Waals surface area contributed by atoms with E-state index in [2.05, 4.69) is 4.98 Å². The molecule has 0 aliphatic rings. The molecule has 0 saturated heterocycles. The van der Waals surface area contributed by atoms with E-state index in [1.54, 1.807) is 6.92 Å². The van der Waals surface area contributed by atoms with E-state index >= 15 is 0 Å². The van der Waals surface area contributed by atoms with Gasteiger partial charge in [0.2, 0.25) is 11.7 Å². The van der Waals surface area contributed by atoms with E-state index in [4.69, 9.17) is 21.1 Å². The molecule has 0 aliphatic carbocycles. The lowest BCUT2D eigenvalue weighted by Crippen LogP contribution is -1.98. The Balaban J connectivity index is 2.69. The molecule has 7 nitrogen and oxygen atoms in total. The Kier molecular flexibility index (Phi) is 3.71. The maximum absolute atomic E-state index is 11.0. The van der Waals surface area contributed by atoms with Gasteiger partial charge in [0, 0.05) is 6.07 Å². The van der Waals surface area contributed by atoms with Gasteiger partial charge in [-0.05, 0) is 12.5 Å². The quantitative estimate of drug-likeness (QED) is 0.686. The smallest absolute Gasteiger partial charge is 0.373 e. The van der Waals surface area contributed by atoms with Gasteiger partial charge >= 0.3 is 5.97 Å². The summed E-state index contributed by atoms with van der Waals surface area (Å²) >= 11 is 5.94. The molecular weight excluding hydrogens is 288 g/mol. The number of benzene rings is 1. The summed E-state index contributed by atoms with van der Waals surface area (Å²) < 4.78 is 5.13. The van der Waals surface area contributed by atoms with Gasteiger partial charge in [-0.25, -0.2) is 9.78 Å². The molecule has 0 radical (unpaired) electrons. The number of aromatic nitrogens is 1. The number of hydrogen-bond acceptors (Lipinski definition) is 5. The molecule has 0 fully saturated rings. The molecule has 0 saturated carbocycles. The van der Waals surface area contributed by atoms with Crippen LogP contribution in [0.25, 0.3) is 11.5 Å². The number of hydrogen-bond donors (Lipinski definition) is 1. The summed E-state index contributed by atoms with van der Waals surface area (Å²) in [7, 11) is 0. The number of rotatable bonds is 4. The van der Waals surface area contributed by atoms with Crippen LogP contribution in [-0.2, 0) is 6.42 Å². The molecule has 2 rings (SSSR count). The minimum Gasteiger partial charge on any atom is -0.475 e. The highest BCUT2D eigenvalue weighted by Crippen LogP contribution is 2.36. The molecule has 20 heavy (non-hydrogen) atoms. The van der Waals surface area contributed by atoms with Crippen molar-refractivity contribution < 1.29 is 19.2 Å². The Hall–Kier alpha value is -2.41. The normalized spacial score (nSPS) is 10.5. The summed E-state index contributed by atoms with van der Waals surface area (Å²) in [5, 5.41) is 20.1. The summed E-state index contributed by atoms with van der Waals surface area (Å²) in [4.78, 5) is 25.4. The zero-order chi connectivity index (χ0) is 14.9. The number of nitro benzene ring substituents is 1. The maximum atomic E-state index is 11.0. The first kappa shape index (κ1) is 14.0. The number of carboxylic acids is 1. The lowest BCUT2D eigenvalue weighted by Gasteiger charge is -2.00. The Bertz CT molecular complexity index is 695. The molecule has 0 aliphatic heterocycles. The number of aromatic carboxylic acids is 1. The molecule has 0 atom stereocenters. The van der Waals surface area contributed by atoms with Gasteiger partial charge in [0.15, 0.2) is 0 Å². The summed E-state index contributed by atoms with van der Waals surface area (Å²) in [5.74, 6) is -1.79. The monoisotopic (exact) mass is 296 g/mol. The Morgan fingerprint density at radius 3 is 2.75 bits per heavy atom. The third-order valence-electron chi connectivity index (χ3n) is 2.63. The van der Waals surface area contributed by atoms with E-state index in [9.17, 15) is 14.9 Å². The van der Waals surface area contributed by atoms with Gasteiger partial charge in [0.1, 0.15) is 5.56 Å². The van der Waals surface area contributed by atoms with Crippen LogP contribution in [0.4, 0.5) is 5.69 Å². The van der Waals surface area contributed by atoms with Crippen molar-refractivity contribution >= 4 is 23.3 Å². The van der Waals surface area contributed by atoms with E-state index in [-0.39, 0.29) is 33.6 Å². The van der Waals surface area contributed by atoms with Crippen molar-refractivity contribution in [3.63, 3.8) is 0 Å². The van der Waals surface area contributed by atoms with Gasteiger partial charge in [-0.15, -0.1) is 0 Å². The van der Waals surface area contributed by atoms with Gasteiger partial charge in [-0.3, -0.25) is 10.1 Å². The van der Waals surface area contributed by atoms with Crippen LogP contribution in [0.5, 0.6) is 0 Å². The zero-order valence-electron chi connectivity index (χ0n) is 10.3. The predicted molar refractivity (Wildman–Crippen MR) is 69.9 cm³/mol. The van der Waals surface area contributed by atoms with Gasteiger partial charge in [0.25, 0.3) is 5.69 Å². The highest BCUT2D eigenvalue weighted by molar-refractivity contribution is 6.33. The number of carbonyl (C=O) groups is 1. The minimum atomic E-state index is -1.28. The highest BCUT2D eigenvalue weighted by Gasteiger charge is 2.26. The van der Waals surface area contributed by atoms with Gasteiger partial charge in [-0.2, -0.15) is 0 Å². The third-order valence-corrected chi connectivity index (χ3v) is 2.94. The zero-order valence-corrected chi connectivity index (χ0v) is 11.0. The predicted octanol–water partition coefficient (Wildman–Crippen LogP) is 3.16. The van der Waals surface area contributed by atoms with Gasteiger partial charge in [0.05, 0.1) is 15.6 Å². The molecular formula is C12H9ClN2O5. The van der Waals surface area contributed by atoms with E-state index in [0.717, 1.165) is 0 Å². The topological polar surface area (TPSA) is 106 Å². The number of aryl methyl sites for hydroxylation is 1. The number of halogens is 1. The maximum Gasteiger partial charge on any atom is 0.373 e. The molecule has 0 bridgehead atoms. The molecule has 1 aromatic heterocycles. The standard InChI is InChI=1S/C12H9ClN2O5/c1-2-7-10(12(16)17)20-11(14-7)9-6(13)4-3-5-8(9)15(18)19/h3-5H,2H2,1H3,(H,16,17). The summed E-state index contributed by atoms with van der Waals surface area (Å²) in [6.07, 6.45) is 0.323. The fraction of sp³-hybridized carbons (Fsp3) is 0.167. The summed E-state index contributed by atoms with van der Waals surface area (Å²) in [6, 6.07) is 4.11. The van der Waals surface area contributed by atoms with Crippen molar-refractivity contribution in [3.05, 3.63) is 44.8 Å². The fourth-order valence-corrected chi connectivity index (χ4v) is 1.99. The summed E-state index contributed by atoms with van der Waals surface area (Å²) in [6.45, 7) is 1.70. The number of nitro groups is 1. The number of nitrogens with zero attached hydrogens (tertiary/aromatic N) is 2. The van der Waals surface area contributed by atoms with Crippen LogP contribution in [-0.4, -0.2) is 21.0 Å². The minimum absolute atomic E-state index is 0.0265. The van der Waals surface area contributed by atoms with Gasteiger partial charge in [-0.1, -0.05) is 24.6 Å². The first-order valence-corrected chi connectivity index (χ1v) is 5.99. The fourth-order valence-electron chi connectivity index (χ4n) is 1.74. The molecule has 0 unspecified atom stereocenters. The molecule has 0 spiro atoms. The van der Waals surface area contributed by atoms with Crippen molar-refractivity contribution in [2.75, 3.05) is 0 Å². The molecule has 104 valence electrons. The molecule has 2 aromatic rings. The third kappa shape index (κ3) is 2.35. The van der Waals surface area contributed by atoms with Crippen LogP contribution >= 0.6 is 11.6 Å². The SMILES string of the molecule is CCc1nc(-c2c(Cl)cccc2[N+](=O)[O-])oc1C(=O)O. The average molecular weight is 297 g/mol. The van der Waals surface area contributed by atoms with E-state index in [1.807, 2.05) is 0 Å². The second kappa shape index (κ2) is 5.30. The van der Waals surface area contributed by atoms with Crippen molar-refractivity contribution in [3.8, 4) is 11.5 Å². The largest absolute Gasteiger partial charge is 0.475 e. The number of oxazole rings is 1. The molecule has 1 aromatic carbocycles. The van der Waals surface area contributed by atoms with Crippen molar-refractivity contribution in [1.82, 2.24) is 4.98 Å². The first-order chi connectivity index (χ1) is 9.45. The average Bonchev–Trinajstić information content (AvgIpc) is 2.82. The molecule has 1 N–H and O–H groups in total. The lowest BCUT2D eigenvalue weighted by atomic mass is 10.2. The second-order valence-electron chi connectivity index (χ2n) is 3.84. The Morgan fingerprint density at radius 1 is 1.55 bits per heavy atom. The van der Waals surface area contributed by atoms with Crippen LogP contribution in [0.15, 0.2) is 22.6 Å². The van der Waals surface area contributed by atoms with E-state index in [0.29, 0.717) is 6.42 Å². The molecule has 1 heterocycles. The Morgan fingerprint density at radius 2 is 2.25 bits per heavy atom. The van der Waals surface area contributed by atoms with Crippen LogP contribution < -0.4 is 0 Å².